The maximum atomic E-state index is 6.19. The molecule has 0 fully saturated rings. The molecule has 0 saturated carbocycles. The quantitative estimate of drug-likeness (QED) is 0.248. The zero-order valence-corrected chi connectivity index (χ0v) is 16.5. The summed E-state index contributed by atoms with van der Waals surface area (Å²) in [5.41, 5.74) is 5.37. The summed E-state index contributed by atoms with van der Waals surface area (Å²) >= 11 is 0. The fraction of sp³-hybridized carbons (Fsp3) is 0. The van der Waals surface area contributed by atoms with Crippen molar-refractivity contribution in [3.63, 3.8) is 0 Å². The lowest BCUT2D eigenvalue weighted by molar-refractivity contribution is 0.656. The van der Waals surface area contributed by atoms with E-state index in [1.807, 2.05) is 36.4 Å². The van der Waals surface area contributed by atoms with E-state index in [4.69, 9.17) is 14.4 Å². The SMILES string of the molecule is c1cc2cc(c1)c1ccc3ccc4ccc5ccc(nc5c4c3n1)c1cccc(c1)o2. The van der Waals surface area contributed by atoms with Crippen LogP contribution < -0.4 is 0 Å². The predicted octanol–water partition coefficient (Wildman–Crippen LogP) is 7.55. The van der Waals surface area contributed by atoms with Crippen LogP contribution in [0, 0.1) is 0 Å². The molecule has 7 aromatic rings. The molecule has 0 atom stereocenters. The van der Waals surface area contributed by atoms with Crippen LogP contribution in [-0.4, -0.2) is 9.97 Å². The van der Waals surface area contributed by atoms with Crippen LogP contribution in [0.25, 0.3) is 65.6 Å². The highest BCUT2D eigenvalue weighted by Crippen LogP contribution is 2.32. The second kappa shape index (κ2) is 6.13. The van der Waals surface area contributed by atoms with Crippen LogP contribution in [0.1, 0.15) is 0 Å². The minimum absolute atomic E-state index is 0.788. The van der Waals surface area contributed by atoms with Gasteiger partial charge in [0.25, 0.3) is 0 Å². The molecule has 0 radical (unpaired) electrons. The highest BCUT2D eigenvalue weighted by atomic mass is 16.3. The van der Waals surface area contributed by atoms with Crippen molar-refractivity contribution in [1.29, 1.82) is 0 Å². The van der Waals surface area contributed by atoms with Gasteiger partial charge in [0.15, 0.2) is 0 Å². The number of pyridine rings is 2. The number of benzene rings is 4. The summed E-state index contributed by atoms with van der Waals surface area (Å²) < 4.78 is 6.19. The zero-order valence-electron chi connectivity index (χ0n) is 16.5. The van der Waals surface area contributed by atoms with E-state index in [-0.39, 0.29) is 0 Å². The van der Waals surface area contributed by atoms with Crippen molar-refractivity contribution in [3.8, 4) is 0 Å². The van der Waals surface area contributed by atoms with Gasteiger partial charge in [-0.05, 0) is 41.8 Å². The monoisotopic (exact) mass is 396 g/mol. The molecule has 0 amide bonds. The number of hydrogen-bond acceptors (Lipinski definition) is 3. The number of fused-ring (bicyclic) bond motifs is 8. The minimum Gasteiger partial charge on any atom is -0.457 e. The molecule has 3 heteroatoms. The van der Waals surface area contributed by atoms with Gasteiger partial charge in [0.05, 0.1) is 22.1 Å². The van der Waals surface area contributed by atoms with Gasteiger partial charge >= 0.3 is 0 Å². The molecular weight excluding hydrogens is 380 g/mol. The Morgan fingerprint density at radius 2 is 0.935 bits per heavy atom. The fourth-order valence-electron chi connectivity index (χ4n) is 4.47. The van der Waals surface area contributed by atoms with E-state index in [9.17, 15) is 0 Å². The van der Waals surface area contributed by atoms with Crippen LogP contribution in [0.2, 0.25) is 0 Å². The first-order chi connectivity index (χ1) is 15.3. The maximum absolute atomic E-state index is 6.19. The lowest BCUT2D eigenvalue weighted by atomic mass is 10.0. The van der Waals surface area contributed by atoms with Crippen LogP contribution in [-0.2, 0) is 0 Å². The second-order valence-corrected chi connectivity index (χ2v) is 7.92. The molecule has 0 N–H and O–H groups in total. The molecule has 0 spiro atoms. The third-order valence-corrected chi connectivity index (χ3v) is 6.00. The molecule has 0 unspecified atom stereocenters. The Balaban J connectivity index is 1.84. The number of nitrogens with zero attached hydrogens (tertiary/aromatic N) is 2. The van der Waals surface area contributed by atoms with Crippen molar-refractivity contribution < 1.29 is 4.42 Å². The van der Waals surface area contributed by atoms with Gasteiger partial charge in [-0.25, -0.2) is 9.97 Å². The van der Waals surface area contributed by atoms with E-state index in [0.29, 0.717) is 0 Å². The third-order valence-electron chi connectivity index (χ3n) is 6.00. The van der Waals surface area contributed by atoms with Crippen molar-refractivity contribution in [2.24, 2.45) is 0 Å². The van der Waals surface area contributed by atoms with Gasteiger partial charge in [0.1, 0.15) is 11.2 Å². The maximum Gasteiger partial charge on any atom is 0.128 e. The van der Waals surface area contributed by atoms with Gasteiger partial charge in [0.2, 0.25) is 0 Å². The topological polar surface area (TPSA) is 38.9 Å². The Hall–Kier alpha value is -4.24. The lowest BCUT2D eigenvalue weighted by Gasteiger charge is -2.08. The van der Waals surface area contributed by atoms with Gasteiger partial charge in [0, 0.05) is 26.9 Å². The molecule has 3 heterocycles. The lowest BCUT2D eigenvalue weighted by Crippen LogP contribution is -1.88. The van der Waals surface area contributed by atoms with Crippen molar-refractivity contribution in [2.75, 3.05) is 0 Å². The van der Waals surface area contributed by atoms with Gasteiger partial charge in [-0.1, -0.05) is 60.7 Å². The van der Waals surface area contributed by atoms with Crippen LogP contribution in [0.3, 0.4) is 0 Å². The van der Waals surface area contributed by atoms with Crippen molar-refractivity contribution in [3.05, 3.63) is 97.1 Å². The van der Waals surface area contributed by atoms with Gasteiger partial charge in [-0.3, -0.25) is 0 Å². The summed E-state index contributed by atoms with van der Waals surface area (Å²) in [6, 6.07) is 33.2. The summed E-state index contributed by atoms with van der Waals surface area (Å²) in [6.45, 7) is 0. The number of aromatic nitrogens is 2. The zero-order chi connectivity index (χ0) is 20.4. The number of rotatable bonds is 0. The van der Waals surface area contributed by atoms with Crippen LogP contribution in [0.4, 0.5) is 0 Å². The molecule has 0 saturated heterocycles. The highest BCUT2D eigenvalue weighted by Gasteiger charge is 2.09. The molecule has 3 aromatic heterocycles. The summed E-state index contributed by atoms with van der Waals surface area (Å²) in [4.78, 5) is 10.2. The molecule has 3 nitrogen and oxygen atoms in total. The standard InChI is InChI=1S/C28H16N2O/c1-3-20-15-22(5-1)31-23-6-2-4-21(16-23)25-14-12-19-10-8-17-7-9-18-11-13-24(20)29-27(18)26(17)28(19)30-25/h1-16H. The van der Waals surface area contributed by atoms with E-state index < -0.39 is 0 Å². The van der Waals surface area contributed by atoms with Gasteiger partial charge in [-0.2, -0.15) is 0 Å². The average molecular weight is 396 g/mol. The molecule has 31 heavy (non-hydrogen) atoms. The van der Waals surface area contributed by atoms with Gasteiger partial charge in [-0.15, -0.1) is 0 Å². The highest BCUT2D eigenvalue weighted by molar-refractivity contribution is 6.18. The van der Waals surface area contributed by atoms with E-state index in [1.54, 1.807) is 0 Å². The molecule has 4 aromatic carbocycles. The number of hydrogen-bond donors (Lipinski definition) is 0. The molecule has 144 valence electrons. The minimum atomic E-state index is 0.788. The normalized spacial score (nSPS) is 11.9. The van der Waals surface area contributed by atoms with E-state index in [0.717, 1.165) is 65.6 Å². The van der Waals surface area contributed by atoms with Crippen LogP contribution >= 0.6 is 0 Å². The van der Waals surface area contributed by atoms with E-state index >= 15 is 0 Å². The molecule has 8 bridgehead atoms. The second-order valence-electron chi connectivity index (χ2n) is 7.92. The van der Waals surface area contributed by atoms with Crippen molar-refractivity contribution >= 4 is 65.6 Å². The first-order valence-electron chi connectivity index (χ1n) is 10.3. The molecule has 0 aliphatic heterocycles. The summed E-state index contributed by atoms with van der Waals surface area (Å²) in [5, 5.41) is 6.51. The first-order valence-corrected chi connectivity index (χ1v) is 10.3. The third kappa shape index (κ3) is 2.53. The Labute approximate surface area is 177 Å². The first kappa shape index (κ1) is 16.5. The fourth-order valence-corrected chi connectivity index (χ4v) is 4.47. The van der Waals surface area contributed by atoms with Crippen LogP contribution in [0.5, 0.6) is 0 Å². The largest absolute Gasteiger partial charge is 0.457 e. The van der Waals surface area contributed by atoms with Crippen LogP contribution in [0.15, 0.2) is 101 Å². The average Bonchev–Trinajstić information content (AvgIpc) is 2.83. The van der Waals surface area contributed by atoms with E-state index in [2.05, 4.69) is 60.7 Å². The Morgan fingerprint density at radius 3 is 1.48 bits per heavy atom. The van der Waals surface area contributed by atoms with E-state index in [1.165, 1.54) is 0 Å². The summed E-state index contributed by atoms with van der Waals surface area (Å²) in [7, 11) is 0. The van der Waals surface area contributed by atoms with Crippen molar-refractivity contribution in [2.45, 2.75) is 0 Å². The van der Waals surface area contributed by atoms with Gasteiger partial charge < -0.3 is 4.42 Å². The molecule has 0 aliphatic carbocycles. The molecule has 0 aliphatic rings. The predicted molar refractivity (Wildman–Crippen MR) is 128 cm³/mol. The molecule has 7 rings (SSSR count). The summed E-state index contributed by atoms with van der Waals surface area (Å²) in [5.74, 6) is 0. The Kier molecular flexibility index (Phi) is 3.27. The Morgan fingerprint density at radius 1 is 0.452 bits per heavy atom. The molecular formula is C28H16N2O. The Bertz CT molecular complexity index is 1720. The smallest absolute Gasteiger partial charge is 0.128 e. The summed E-state index contributed by atoms with van der Waals surface area (Å²) in [6.07, 6.45) is 0. The van der Waals surface area contributed by atoms with Crippen molar-refractivity contribution in [1.82, 2.24) is 9.97 Å².